The fraction of sp³-hybridized carbons (Fsp3) is 0.500. The van der Waals surface area contributed by atoms with E-state index in [-0.39, 0.29) is 36.5 Å². The van der Waals surface area contributed by atoms with Crippen molar-refractivity contribution in [2.75, 3.05) is 32.1 Å². The van der Waals surface area contributed by atoms with Gasteiger partial charge in [-0.3, -0.25) is 14.3 Å². The number of likely N-dealkylation sites (N-methyl/N-ethyl adjacent to an activating group) is 1. The highest BCUT2D eigenvalue weighted by molar-refractivity contribution is 6.06. The maximum atomic E-state index is 13.4. The number of aromatic nitrogens is 2. The number of hydrogen-bond acceptors (Lipinski definition) is 6. The summed E-state index contributed by atoms with van der Waals surface area (Å²) in [5.41, 5.74) is 1.91. The van der Waals surface area contributed by atoms with Crippen molar-refractivity contribution in [3.05, 3.63) is 41.2 Å². The molecule has 0 saturated carbocycles. The SMILES string of the molecule is CNC[C@H]1Oc2c(NC(=O)c3cc(C)nn3C)cccc2C(=O)N([C@H](C)CO)C[C@H]1C. The second-order valence-corrected chi connectivity index (χ2v) is 8.11. The number of nitrogens with zero attached hydrogens (tertiary/aromatic N) is 3. The van der Waals surface area contributed by atoms with E-state index in [9.17, 15) is 14.7 Å². The zero-order valence-corrected chi connectivity index (χ0v) is 18.7. The number of ether oxygens (including phenoxy) is 1. The monoisotopic (exact) mass is 429 g/mol. The molecule has 1 aliphatic rings. The Labute approximate surface area is 182 Å². The summed E-state index contributed by atoms with van der Waals surface area (Å²) >= 11 is 0. The van der Waals surface area contributed by atoms with Gasteiger partial charge in [0.2, 0.25) is 0 Å². The van der Waals surface area contributed by atoms with Crippen molar-refractivity contribution in [2.24, 2.45) is 13.0 Å². The molecule has 31 heavy (non-hydrogen) atoms. The van der Waals surface area contributed by atoms with E-state index < -0.39 is 0 Å². The molecule has 9 heteroatoms. The van der Waals surface area contributed by atoms with Crippen LogP contribution in [-0.2, 0) is 7.05 Å². The molecule has 0 spiro atoms. The number of rotatable bonds is 6. The number of carbonyl (C=O) groups excluding carboxylic acids is 2. The van der Waals surface area contributed by atoms with Crippen LogP contribution in [0.4, 0.5) is 5.69 Å². The summed E-state index contributed by atoms with van der Waals surface area (Å²) < 4.78 is 7.83. The number of carbonyl (C=O) groups is 2. The number of fused-ring (bicyclic) bond motifs is 1. The van der Waals surface area contributed by atoms with Gasteiger partial charge in [-0.15, -0.1) is 0 Å². The van der Waals surface area contributed by atoms with Crippen LogP contribution in [0.3, 0.4) is 0 Å². The van der Waals surface area contributed by atoms with Crippen molar-refractivity contribution >= 4 is 17.5 Å². The zero-order valence-electron chi connectivity index (χ0n) is 18.7. The van der Waals surface area contributed by atoms with Gasteiger partial charge in [-0.05, 0) is 39.1 Å². The maximum Gasteiger partial charge on any atom is 0.274 e. The van der Waals surface area contributed by atoms with Gasteiger partial charge >= 0.3 is 0 Å². The molecule has 3 rings (SSSR count). The summed E-state index contributed by atoms with van der Waals surface area (Å²) in [4.78, 5) is 27.9. The van der Waals surface area contributed by atoms with E-state index in [1.165, 1.54) is 4.68 Å². The molecule has 2 amide bonds. The predicted octanol–water partition coefficient (Wildman–Crippen LogP) is 1.42. The van der Waals surface area contributed by atoms with Crippen molar-refractivity contribution in [3.63, 3.8) is 0 Å². The summed E-state index contributed by atoms with van der Waals surface area (Å²) in [5.74, 6) is -0.240. The highest BCUT2D eigenvalue weighted by Crippen LogP contribution is 2.35. The molecule has 0 fully saturated rings. The minimum Gasteiger partial charge on any atom is -0.486 e. The van der Waals surface area contributed by atoms with Gasteiger partial charge in [-0.25, -0.2) is 0 Å². The van der Waals surface area contributed by atoms with Crippen LogP contribution in [0, 0.1) is 12.8 Å². The Morgan fingerprint density at radius 2 is 2.16 bits per heavy atom. The Balaban J connectivity index is 2.04. The Morgan fingerprint density at radius 1 is 1.42 bits per heavy atom. The van der Waals surface area contributed by atoms with E-state index in [4.69, 9.17) is 4.74 Å². The molecular formula is C22H31N5O4. The first-order chi connectivity index (χ1) is 14.8. The second kappa shape index (κ2) is 9.49. The topological polar surface area (TPSA) is 109 Å². The van der Waals surface area contributed by atoms with Gasteiger partial charge in [0, 0.05) is 26.1 Å². The quantitative estimate of drug-likeness (QED) is 0.641. The average molecular weight is 430 g/mol. The second-order valence-electron chi connectivity index (χ2n) is 8.11. The Morgan fingerprint density at radius 3 is 2.77 bits per heavy atom. The van der Waals surface area contributed by atoms with Gasteiger partial charge in [-0.1, -0.05) is 13.0 Å². The molecule has 0 radical (unpaired) electrons. The third kappa shape index (κ3) is 4.72. The molecule has 0 unspecified atom stereocenters. The van der Waals surface area contributed by atoms with Gasteiger partial charge in [0.1, 0.15) is 11.8 Å². The van der Waals surface area contributed by atoms with E-state index in [1.54, 1.807) is 36.2 Å². The molecule has 0 aliphatic carbocycles. The Kier molecular flexibility index (Phi) is 6.97. The van der Waals surface area contributed by atoms with Crippen molar-refractivity contribution in [2.45, 2.75) is 32.9 Å². The molecular weight excluding hydrogens is 398 g/mol. The lowest BCUT2D eigenvalue weighted by molar-refractivity contribution is 0.0417. The highest BCUT2D eigenvalue weighted by Gasteiger charge is 2.34. The average Bonchev–Trinajstić information content (AvgIpc) is 3.08. The van der Waals surface area contributed by atoms with Gasteiger partial charge in [0.05, 0.1) is 29.6 Å². The lowest BCUT2D eigenvalue weighted by Crippen LogP contribution is -2.49. The minimum absolute atomic E-state index is 0.00188. The van der Waals surface area contributed by atoms with Crippen LogP contribution in [0.25, 0.3) is 0 Å². The summed E-state index contributed by atoms with van der Waals surface area (Å²) in [6.07, 6.45) is -0.234. The van der Waals surface area contributed by atoms with E-state index in [2.05, 4.69) is 15.7 Å². The molecule has 168 valence electrons. The van der Waals surface area contributed by atoms with Crippen LogP contribution < -0.4 is 15.4 Å². The van der Waals surface area contributed by atoms with Crippen LogP contribution in [-0.4, -0.2) is 70.5 Å². The van der Waals surface area contributed by atoms with Crippen molar-refractivity contribution < 1.29 is 19.4 Å². The predicted molar refractivity (Wildman–Crippen MR) is 117 cm³/mol. The number of aliphatic hydroxyl groups excluding tert-OH is 1. The molecule has 0 saturated heterocycles. The lowest BCUT2D eigenvalue weighted by atomic mass is 9.99. The smallest absolute Gasteiger partial charge is 0.274 e. The number of benzene rings is 1. The van der Waals surface area contributed by atoms with Gasteiger partial charge in [0.15, 0.2) is 5.75 Å². The first-order valence-electron chi connectivity index (χ1n) is 10.4. The molecule has 1 aliphatic heterocycles. The standard InChI is InChI=1S/C22H31N5O4/c1-13-11-27(15(3)12-28)22(30)16-7-6-8-17(20(16)31-19(13)10-23-4)24-21(29)18-9-14(2)25-26(18)5/h6-9,13,15,19,23,28H,10-12H2,1-5H3,(H,24,29)/t13-,15-,19-/m1/s1. The molecule has 2 heterocycles. The number of aliphatic hydroxyl groups is 1. The molecule has 9 nitrogen and oxygen atoms in total. The van der Waals surface area contributed by atoms with Gasteiger partial charge in [0.25, 0.3) is 11.8 Å². The summed E-state index contributed by atoms with van der Waals surface area (Å²) in [7, 11) is 3.55. The fourth-order valence-electron chi connectivity index (χ4n) is 3.80. The molecule has 3 N–H and O–H groups in total. The number of anilines is 1. The first kappa shape index (κ1) is 22.8. The Bertz CT molecular complexity index is 957. The normalized spacial score (nSPS) is 19.8. The van der Waals surface area contributed by atoms with Gasteiger partial charge < -0.3 is 25.4 Å². The van der Waals surface area contributed by atoms with Crippen LogP contribution in [0.15, 0.2) is 24.3 Å². The number of nitrogens with one attached hydrogen (secondary N) is 2. The van der Waals surface area contributed by atoms with E-state index in [0.717, 1.165) is 5.69 Å². The third-order valence-electron chi connectivity index (χ3n) is 5.58. The summed E-state index contributed by atoms with van der Waals surface area (Å²) in [6, 6.07) is 6.47. The molecule has 1 aromatic heterocycles. The highest BCUT2D eigenvalue weighted by atomic mass is 16.5. The third-order valence-corrected chi connectivity index (χ3v) is 5.58. The zero-order chi connectivity index (χ0) is 22.7. The van der Waals surface area contributed by atoms with Crippen LogP contribution in [0.2, 0.25) is 0 Å². The molecule has 2 aromatic rings. The van der Waals surface area contributed by atoms with Crippen LogP contribution >= 0.6 is 0 Å². The van der Waals surface area contributed by atoms with Gasteiger partial charge in [-0.2, -0.15) is 5.10 Å². The van der Waals surface area contributed by atoms with E-state index in [0.29, 0.717) is 35.8 Å². The Hall–Kier alpha value is -2.91. The van der Waals surface area contributed by atoms with Crippen LogP contribution in [0.1, 0.15) is 40.4 Å². The summed E-state index contributed by atoms with van der Waals surface area (Å²) in [5, 5.41) is 19.9. The molecule has 3 atom stereocenters. The molecule has 1 aromatic carbocycles. The number of hydrogen-bond donors (Lipinski definition) is 3. The van der Waals surface area contributed by atoms with Crippen molar-refractivity contribution in [1.82, 2.24) is 20.0 Å². The molecule has 0 bridgehead atoms. The number of aryl methyl sites for hydroxylation is 2. The largest absolute Gasteiger partial charge is 0.486 e. The lowest BCUT2D eigenvalue weighted by Gasteiger charge is -2.37. The van der Waals surface area contributed by atoms with Crippen molar-refractivity contribution in [1.29, 1.82) is 0 Å². The van der Waals surface area contributed by atoms with E-state index >= 15 is 0 Å². The minimum atomic E-state index is -0.341. The fourth-order valence-corrected chi connectivity index (χ4v) is 3.80. The van der Waals surface area contributed by atoms with Crippen molar-refractivity contribution in [3.8, 4) is 5.75 Å². The summed E-state index contributed by atoms with van der Waals surface area (Å²) in [6.45, 7) is 6.53. The number of para-hydroxylation sites is 1. The van der Waals surface area contributed by atoms with E-state index in [1.807, 2.05) is 27.8 Å². The maximum absolute atomic E-state index is 13.4. The number of amides is 2. The first-order valence-corrected chi connectivity index (χ1v) is 10.4. The van der Waals surface area contributed by atoms with Crippen LogP contribution in [0.5, 0.6) is 5.75 Å².